The standard InChI is InChI=1S/C17H26N4O3/c1-12(2)16-18-17(24-19-16)13(3)21-8-6-20(7-9-21)11-14(22)15-5-4-10-23-15/h4-5,10,12-14,22H,6-9,11H2,1-3H3/t13-,14-/m1/s1. The number of β-amino-alcohol motifs (C(OH)–C–C–N with tert-alkyl or cyclic N) is 1. The van der Waals surface area contributed by atoms with E-state index in [4.69, 9.17) is 8.94 Å². The summed E-state index contributed by atoms with van der Waals surface area (Å²) >= 11 is 0. The van der Waals surface area contributed by atoms with E-state index in [1.807, 2.05) is 6.07 Å². The third-order valence-corrected chi connectivity index (χ3v) is 4.59. The molecular formula is C17H26N4O3. The van der Waals surface area contributed by atoms with Crippen LogP contribution in [-0.2, 0) is 0 Å². The molecule has 0 aliphatic carbocycles. The number of hydrogen-bond donors (Lipinski definition) is 1. The number of aromatic nitrogens is 2. The Kier molecular flexibility index (Phi) is 5.33. The minimum absolute atomic E-state index is 0.113. The number of aliphatic hydroxyl groups excluding tert-OH is 1. The van der Waals surface area contributed by atoms with Gasteiger partial charge in [-0.15, -0.1) is 0 Å². The molecule has 3 heterocycles. The van der Waals surface area contributed by atoms with Crippen molar-refractivity contribution in [2.45, 2.75) is 38.8 Å². The number of nitrogens with zero attached hydrogens (tertiary/aromatic N) is 4. The maximum absolute atomic E-state index is 10.2. The van der Waals surface area contributed by atoms with Gasteiger partial charge in [0.2, 0.25) is 5.89 Å². The minimum Gasteiger partial charge on any atom is -0.467 e. The van der Waals surface area contributed by atoms with E-state index in [1.54, 1.807) is 12.3 Å². The average Bonchev–Trinajstić information content (AvgIpc) is 3.26. The van der Waals surface area contributed by atoms with Gasteiger partial charge < -0.3 is 14.0 Å². The van der Waals surface area contributed by atoms with Gasteiger partial charge >= 0.3 is 0 Å². The van der Waals surface area contributed by atoms with E-state index in [-0.39, 0.29) is 12.0 Å². The van der Waals surface area contributed by atoms with Gasteiger partial charge in [-0.2, -0.15) is 4.98 Å². The Morgan fingerprint density at radius 2 is 1.96 bits per heavy atom. The largest absolute Gasteiger partial charge is 0.467 e. The molecule has 7 heteroatoms. The predicted octanol–water partition coefficient (Wildman–Crippen LogP) is 2.20. The van der Waals surface area contributed by atoms with Gasteiger partial charge in [-0.25, -0.2) is 0 Å². The summed E-state index contributed by atoms with van der Waals surface area (Å²) in [6, 6.07) is 3.72. The van der Waals surface area contributed by atoms with Gasteiger partial charge in [-0.3, -0.25) is 9.80 Å². The number of furan rings is 1. The first kappa shape index (κ1) is 17.1. The van der Waals surface area contributed by atoms with Gasteiger partial charge in [-0.05, 0) is 19.1 Å². The summed E-state index contributed by atoms with van der Waals surface area (Å²) in [6.07, 6.45) is 1.02. The fraction of sp³-hybridized carbons (Fsp3) is 0.647. The predicted molar refractivity (Wildman–Crippen MR) is 88.5 cm³/mol. The summed E-state index contributed by atoms with van der Waals surface area (Å²) < 4.78 is 10.7. The van der Waals surface area contributed by atoms with Crippen molar-refractivity contribution in [2.75, 3.05) is 32.7 Å². The molecule has 2 aromatic rings. The minimum atomic E-state index is -0.575. The second-order valence-corrected chi connectivity index (χ2v) is 6.69. The van der Waals surface area contributed by atoms with E-state index >= 15 is 0 Å². The van der Waals surface area contributed by atoms with Crippen LogP contribution in [0, 0.1) is 0 Å². The van der Waals surface area contributed by atoms with Crippen molar-refractivity contribution < 1.29 is 14.0 Å². The molecule has 1 N–H and O–H groups in total. The van der Waals surface area contributed by atoms with Gasteiger partial charge in [-0.1, -0.05) is 19.0 Å². The number of rotatable bonds is 6. The van der Waals surface area contributed by atoms with Crippen molar-refractivity contribution in [1.82, 2.24) is 19.9 Å². The molecule has 132 valence electrons. The monoisotopic (exact) mass is 334 g/mol. The normalized spacial score (nSPS) is 19.7. The topological polar surface area (TPSA) is 78.8 Å². The Bertz CT molecular complexity index is 618. The van der Waals surface area contributed by atoms with Crippen LogP contribution >= 0.6 is 0 Å². The van der Waals surface area contributed by atoms with Crippen LogP contribution in [-0.4, -0.2) is 57.8 Å². The Morgan fingerprint density at radius 1 is 1.21 bits per heavy atom. The van der Waals surface area contributed by atoms with Crippen molar-refractivity contribution in [2.24, 2.45) is 0 Å². The molecule has 1 aliphatic rings. The molecule has 0 spiro atoms. The fourth-order valence-corrected chi connectivity index (χ4v) is 2.96. The van der Waals surface area contributed by atoms with E-state index in [9.17, 15) is 5.11 Å². The average molecular weight is 334 g/mol. The molecular weight excluding hydrogens is 308 g/mol. The van der Waals surface area contributed by atoms with Crippen molar-refractivity contribution in [3.63, 3.8) is 0 Å². The summed E-state index contributed by atoms with van der Waals surface area (Å²) in [6.45, 7) is 10.4. The van der Waals surface area contributed by atoms with E-state index in [0.717, 1.165) is 32.0 Å². The van der Waals surface area contributed by atoms with Crippen LogP contribution < -0.4 is 0 Å². The van der Waals surface area contributed by atoms with Crippen LogP contribution in [0.15, 0.2) is 27.3 Å². The van der Waals surface area contributed by atoms with Crippen molar-refractivity contribution >= 4 is 0 Å². The molecule has 0 saturated carbocycles. The second kappa shape index (κ2) is 7.46. The molecule has 7 nitrogen and oxygen atoms in total. The Hall–Kier alpha value is -1.70. The first-order chi connectivity index (χ1) is 11.5. The second-order valence-electron chi connectivity index (χ2n) is 6.69. The highest BCUT2D eigenvalue weighted by Crippen LogP contribution is 2.23. The van der Waals surface area contributed by atoms with Gasteiger partial charge in [0.1, 0.15) is 11.9 Å². The van der Waals surface area contributed by atoms with E-state index in [2.05, 4.69) is 40.7 Å². The first-order valence-electron chi connectivity index (χ1n) is 8.56. The van der Waals surface area contributed by atoms with E-state index in [0.29, 0.717) is 18.2 Å². The molecule has 0 unspecified atom stereocenters. The summed E-state index contributed by atoms with van der Waals surface area (Å²) in [5.41, 5.74) is 0. The maximum atomic E-state index is 10.2. The molecule has 3 rings (SSSR count). The zero-order chi connectivity index (χ0) is 17.1. The zero-order valence-electron chi connectivity index (χ0n) is 14.6. The molecule has 1 fully saturated rings. The smallest absolute Gasteiger partial charge is 0.243 e. The number of hydrogen-bond acceptors (Lipinski definition) is 7. The summed E-state index contributed by atoms with van der Waals surface area (Å²) in [4.78, 5) is 9.09. The SMILES string of the molecule is CC(C)c1noc([C@@H](C)N2CCN(C[C@@H](O)c3ccco3)CC2)n1. The van der Waals surface area contributed by atoms with Crippen LogP contribution in [0.3, 0.4) is 0 Å². The molecule has 0 amide bonds. The van der Waals surface area contributed by atoms with Gasteiger partial charge in [0, 0.05) is 38.6 Å². The summed E-state index contributed by atoms with van der Waals surface area (Å²) in [7, 11) is 0. The van der Waals surface area contributed by atoms with Crippen LogP contribution in [0.5, 0.6) is 0 Å². The van der Waals surface area contributed by atoms with Crippen molar-refractivity contribution in [1.29, 1.82) is 0 Å². The Balaban J connectivity index is 1.50. The molecule has 1 aliphatic heterocycles. The quantitative estimate of drug-likeness (QED) is 0.867. The molecule has 24 heavy (non-hydrogen) atoms. The fourth-order valence-electron chi connectivity index (χ4n) is 2.96. The molecule has 0 aromatic carbocycles. The third-order valence-electron chi connectivity index (χ3n) is 4.59. The van der Waals surface area contributed by atoms with Gasteiger partial charge in [0.05, 0.1) is 12.3 Å². The lowest BCUT2D eigenvalue weighted by Gasteiger charge is -2.37. The maximum Gasteiger partial charge on any atom is 0.243 e. The Labute approximate surface area is 142 Å². The highest BCUT2D eigenvalue weighted by molar-refractivity contribution is 5.02. The third kappa shape index (κ3) is 3.85. The summed E-state index contributed by atoms with van der Waals surface area (Å²) in [5.74, 6) is 2.34. The molecule has 2 aromatic heterocycles. The van der Waals surface area contributed by atoms with Gasteiger partial charge in [0.25, 0.3) is 0 Å². The lowest BCUT2D eigenvalue weighted by atomic mass is 10.2. The van der Waals surface area contributed by atoms with Crippen molar-refractivity contribution in [3.8, 4) is 0 Å². The Morgan fingerprint density at radius 3 is 2.54 bits per heavy atom. The lowest BCUT2D eigenvalue weighted by Crippen LogP contribution is -2.48. The summed E-state index contributed by atoms with van der Waals surface area (Å²) in [5, 5.41) is 14.2. The van der Waals surface area contributed by atoms with E-state index < -0.39 is 6.10 Å². The van der Waals surface area contributed by atoms with Gasteiger partial charge in [0.15, 0.2) is 5.82 Å². The van der Waals surface area contributed by atoms with E-state index in [1.165, 1.54) is 0 Å². The van der Waals surface area contributed by atoms with Crippen LogP contribution in [0.25, 0.3) is 0 Å². The lowest BCUT2D eigenvalue weighted by molar-refractivity contribution is 0.0452. The number of aliphatic hydroxyl groups is 1. The molecule has 0 bridgehead atoms. The van der Waals surface area contributed by atoms with Crippen LogP contribution in [0.2, 0.25) is 0 Å². The number of piperazine rings is 1. The molecule has 2 atom stereocenters. The van der Waals surface area contributed by atoms with Crippen LogP contribution in [0.1, 0.15) is 56.3 Å². The molecule has 1 saturated heterocycles. The highest BCUT2D eigenvalue weighted by Gasteiger charge is 2.27. The molecule has 0 radical (unpaired) electrons. The van der Waals surface area contributed by atoms with Crippen LogP contribution in [0.4, 0.5) is 0 Å². The highest BCUT2D eigenvalue weighted by atomic mass is 16.5. The zero-order valence-corrected chi connectivity index (χ0v) is 14.6. The van der Waals surface area contributed by atoms with Crippen molar-refractivity contribution in [3.05, 3.63) is 35.9 Å². The first-order valence-corrected chi connectivity index (χ1v) is 8.56.